The van der Waals surface area contributed by atoms with E-state index in [1.165, 1.54) is 0 Å². The monoisotopic (exact) mass is 317 g/mol. The second-order valence-electron chi connectivity index (χ2n) is 3.91. The van der Waals surface area contributed by atoms with Crippen LogP contribution in [0.3, 0.4) is 0 Å². The van der Waals surface area contributed by atoms with Crippen molar-refractivity contribution >= 4 is 15.9 Å². The number of nitrogens with two attached hydrogens (primary N) is 1. The molecule has 1 aromatic carbocycles. The van der Waals surface area contributed by atoms with E-state index in [1.54, 1.807) is 12.3 Å². The van der Waals surface area contributed by atoms with Crippen molar-refractivity contribution in [3.8, 4) is 11.8 Å². The van der Waals surface area contributed by atoms with E-state index in [1.807, 2.05) is 30.3 Å². The first-order chi connectivity index (χ1) is 9.22. The fraction of sp³-hybridized carbons (Fsp3) is 0.143. The number of benzene rings is 1. The molecule has 0 saturated carbocycles. The predicted molar refractivity (Wildman–Crippen MR) is 75.3 cm³/mol. The Morgan fingerprint density at radius 3 is 2.89 bits per heavy atom. The summed E-state index contributed by atoms with van der Waals surface area (Å²) < 4.78 is 6.65. The molecule has 0 aliphatic rings. The van der Waals surface area contributed by atoms with Gasteiger partial charge >= 0.3 is 0 Å². The van der Waals surface area contributed by atoms with Crippen LogP contribution in [0.2, 0.25) is 0 Å². The number of rotatable bonds is 4. The van der Waals surface area contributed by atoms with Crippen LogP contribution in [0.5, 0.6) is 5.75 Å². The lowest BCUT2D eigenvalue weighted by atomic mass is 10.2. The van der Waals surface area contributed by atoms with Crippen molar-refractivity contribution in [3.05, 3.63) is 57.8 Å². The zero-order valence-corrected chi connectivity index (χ0v) is 11.7. The highest BCUT2D eigenvalue weighted by atomic mass is 79.9. The molecular formula is C14H12BrN3O. The van der Waals surface area contributed by atoms with Gasteiger partial charge in [0, 0.05) is 17.2 Å². The summed E-state index contributed by atoms with van der Waals surface area (Å²) in [6.45, 7) is 0.842. The summed E-state index contributed by atoms with van der Waals surface area (Å²) in [5, 5.41) is 8.77. The van der Waals surface area contributed by atoms with Crippen LogP contribution in [0.1, 0.15) is 16.8 Å². The van der Waals surface area contributed by atoms with Crippen LogP contribution in [0.4, 0.5) is 0 Å². The molecule has 1 heterocycles. The first kappa shape index (κ1) is 13.5. The Morgan fingerprint density at radius 2 is 2.16 bits per heavy atom. The maximum atomic E-state index is 8.77. The van der Waals surface area contributed by atoms with E-state index in [9.17, 15) is 0 Å². The molecule has 0 saturated heterocycles. The summed E-state index contributed by atoms with van der Waals surface area (Å²) in [6, 6.07) is 11.2. The molecule has 5 heteroatoms. The molecule has 1 aromatic heterocycles. The minimum atomic E-state index is 0.388. The molecule has 0 aliphatic heterocycles. The minimum Gasteiger partial charge on any atom is -0.489 e. The Balaban J connectivity index is 2.08. The van der Waals surface area contributed by atoms with Gasteiger partial charge in [-0.1, -0.05) is 15.9 Å². The third-order valence-electron chi connectivity index (χ3n) is 2.58. The number of ether oxygens (including phenoxy) is 1. The van der Waals surface area contributed by atoms with Gasteiger partial charge < -0.3 is 10.5 Å². The van der Waals surface area contributed by atoms with Gasteiger partial charge in [-0.2, -0.15) is 5.26 Å². The zero-order chi connectivity index (χ0) is 13.7. The quantitative estimate of drug-likeness (QED) is 0.941. The second kappa shape index (κ2) is 6.32. The Morgan fingerprint density at radius 1 is 1.32 bits per heavy atom. The van der Waals surface area contributed by atoms with Crippen molar-refractivity contribution in [1.29, 1.82) is 5.26 Å². The van der Waals surface area contributed by atoms with Crippen molar-refractivity contribution in [1.82, 2.24) is 4.98 Å². The largest absolute Gasteiger partial charge is 0.489 e. The summed E-state index contributed by atoms with van der Waals surface area (Å²) >= 11 is 3.43. The third-order valence-corrected chi connectivity index (χ3v) is 3.36. The average molecular weight is 318 g/mol. The molecule has 4 nitrogen and oxygen atoms in total. The maximum absolute atomic E-state index is 8.77. The number of aromatic nitrogens is 1. The minimum absolute atomic E-state index is 0.388. The Hall–Kier alpha value is -1.90. The van der Waals surface area contributed by atoms with Crippen molar-refractivity contribution in [3.63, 3.8) is 0 Å². The molecule has 96 valence electrons. The van der Waals surface area contributed by atoms with Crippen LogP contribution in [0.25, 0.3) is 0 Å². The van der Waals surface area contributed by atoms with E-state index in [2.05, 4.69) is 20.9 Å². The molecule has 2 N–H and O–H groups in total. The van der Waals surface area contributed by atoms with Crippen LogP contribution in [0, 0.1) is 11.3 Å². The molecule has 0 atom stereocenters. The van der Waals surface area contributed by atoms with E-state index >= 15 is 0 Å². The maximum Gasteiger partial charge on any atom is 0.140 e. The number of hydrogen-bond donors (Lipinski definition) is 1. The van der Waals surface area contributed by atoms with Crippen molar-refractivity contribution in [2.24, 2.45) is 5.73 Å². The van der Waals surface area contributed by atoms with Crippen molar-refractivity contribution in [2.75, 3.05) is 0 Å². The average Bonchev–Trinajstić information content (AvgIpc) is 2.46. The summed E-state index contributed by atoms with van der Waals surface area (Å²) in [4.78, 5) is 3.91. The van der Waals surface area contributed by atoms with E-state index in [-0.39, 0.29) is 0 Å². The summed E-state index contributed by atoms with van der Waals surface area (Å²) in [5.74, 6) is 0.749. The first-order valence-corrected chi connectivity index (χ1v) is 6.48. The number of halogens is 1. The Bertz CT molecular complexity index is 622. The van der Waals surface area contributed by atoms with E-state index in [0.29, 0.717) is 18.8 Å². The smallest absolute Gasteiger partial charge is 0.140 e. The molecule has 0 fully saturated rings. The SMILES string of the molecule is N#Cc1cc(COc2ccc(Br)c(CN)c2)ccn1. The van der Waals surface area contributed by atoms with Gasteiger partial charge in [0.25, 0.3) is 0 Å². The molecule has 0 radical (unpaired) electrons. The van der Waals surface area contributed by atoms with Gasteiger partial charge in [-0.25, -0.2) is 4.98 Å². The molecule has 0 aliphatic carbocycles. The first-order valence-electron chi connectivity index (χ1n) is 5.69. The van der Waals surface area contributed by atoms with E-state index in [4.69, 9.17) is 15.7 Å². The molecule has 0 spiro atoms. The lowest BCUT2D eigenvalue weighted by Gasteiger charge is -2.09. The van der Waals surface area contributed by atoms with E-state index in [0.717, 1.165) is 21.3 Å². The topological polar surface area (TPSA) is 71.9 Å². The fourth-order valence-corrected chi connectivity index (χ4v) is 2.00. The Labute approximate surface area is 120 Å². The fourth-order valence-electron chi connectivity index (χ4n) is 1.59. The van der Waals surface area contributed by atoms with Gasteiger partial charge in [0.05, 0.1) is 0 Å². The van der Waals surface area contributed by atoms with Gasteiger partial charge in [0.15, 0.2) is 0 Å². The molecule has 2 rings (SSSR count). The number of hydrogen-bond acceptors (Lipinski definition) is 4. The molecule has 0 unspecified atom stereocenters. The normalized spacial score (nSPS) is 9.95. The molecular weight excluding hydrogens is 306 g/mol. The standard InChI is InChI=1S/C14H12BrN3O/c15-14-2-1-13(6-11(14)7-16)19-9-10-3-4-18-12(5-10)8-17/h1-6H,7,9,16H2. The summed E-state index contributed by atoms with van der Waals surface area (Å²) in [7, 11) is 0. The predicted octanol–water partition coefficient (Wildman–Crippen LogP) is 2.75. The van der Waals surface area contributed by atoms with Gasteiger partial charge in [-0.3, -0.25) is 0 Å². The van der Waals surface area contributed by atoms with Gasteiger partial charge in [0.1, 0.15) is 24.1 Å². The number of pyridine rings is 1. The highest BCUT2D eigenvalue weighted by Crippen LogP contribution is 2.22. The summed E-state index contributed by atoms with van der Waals surface area (Å²) in [6.07, 6.45) is 1.60. The molecule has 2 aromatic rings. The summed E-state index contributed by atoms with van der Waals surface area (Å²) in [5.41, 5.74) is 7.92. The van der Waals surface area contributed by atoms with Crippen LogP contribution >= 0.6 is 15.9 Å². The van der Waals surface area contributed by atoms with Crippen LogP contribution in [-0.4, -0.2) is 4.98 Å². The zero-order valence-electron chi connectivity index (χ0n) is 10.1. The molecule has 0 amide bonds. The Kier molecular flexibility index (Phi) is 4.50. The van der Waals surface area contributed by atoms with Crippen LogP contribution in [-0.2, 0) is 13.2 Å². The molecule has 19 heavy (non-hydrogen) atoms. The van der Waals surface area contributed by atoms with Gasteiger partial charge in [-0.15, -0.1) is 0 Å². The molecule has 0 bridgehead atoms. The highest BCUT2D eigenvalue weighted by Gasteiger charge is 2.02. The van der Waals surface area contributed by atoms with Gasteiger partial charge in [0.2, 0.25) is 0 Å². The van der Waals surface area contributed by atoms with Crippen LogP contribution in [0.15, 0.2) is 41.0 Å². The van der Waals surface area contributed by atoms with E-state index < -0.39 is 0 Å². The number of nitriles is 1. The lowest BCUT2D eigenvalue weighted by Crippen LogP contribution is -2.00. The number of nitrogens with zero attached hydrogens (tertiary/aromatic N) is 2. The lowest BCUT2D eigenvalue weighted by molar-refractivity contribution is 0.305. The van der Waals surface area contributed by atoms with Crippen LogP contribution < -0.4 is 10.5 Å². The van der Waals surface area contributed by atoms with Gasteiger partial charge in [-0.05, 0) is 41.5 Å². The van der Waals surface area contributed by atoms with Crippen molar-refractivity contribution < 1.29 is 4.74 Å². The van der Waals surface area contributed by atoms with Crippen molar-refractivity contribution in [2.45, 2.75) is 13.2 Å². The second-order valence-corrected chi connectivity index (χ2v) is 4.76. The third kappa shape index (κ3) is 3.53. The highest BCUT2D eigenvalue weighted by molar-refractivity contribution is 9.10.